The van der Waals surface area contributed by atoms with E-state index in [2.05, 4.69) is 10.6 Å². The smallest absolute Gasteiger partial charge is 0.330 e. The molecule has 0 radical (unpaired) electrons. The van der Waals surface area contributed by atoms with Gasteiger partial charge in [-0.25, -0.2) is 14.2 Å². The Bertz CT molecular complexity index is 1960. The monoisotopic (exact) mass is 649 g/mol. The maximum atomic E-state index is 16.0. The van der Waals surface area contributed by atoms with Crippen LogP contribution in [0.4, 0.5) is 10.1 Å². The van der Waals surface area contributed by atoms with Gasteiger partial charge in [0.1, 0.15) is 5.56 Å². The van der Waals surface area contributed by atoms with Gasteiger partial charge < -0.3 is 29.8 Å². The molecule has 3 N–H and O–H groups in total. The van der Waals surface area contributed by atoms with Gasteiger partial charge in [-0.05, 0) is 37.0 Å². The number of nitrogens with zero attached hydrogens (tertiary/aromatic N) is 3. The average molecular weight is 650 g/mol. The molecule has 240 valence electrons. The van der Waals surface area contributed by atoms with E-state index in [4.69, 9.17) is 26.1 Å². The number of benzene rings is 2. The molecule has 2 aliphatic rings. The van der Waals surface area contributed by atoms with Crippen molar-refractivity contribution in [2.24, 2.45) is 14.1 Å². The number of hydrogen-bond donors (Lipinski definition) is 3. The molecule has 13 heteroatoms. The Balaban J connectivity index is 1.31. The third-order valence-electron chi connectivity index (χ3n) is 8.60. The predicted molar refractivity (Wildman–Crippen MR) is 171 cm³/mol. The number of halogens is 2. The van der Waals surface area contributed by atoms with E-state index in [1.54, 1.807) is 37.4 Å². The van der Waals surface area contributed by atoms with Crippen LogP contribution in [0.1, 0.15) is 40.4 Å². The molecule has 0 spiro atoms. The van der Waals surface area contributed by atoms with Crippen LogP contribution in [0.25, 0.3) is 22.4 Å². The van der Waals surface area contributed by atoms with Crippen molar-refractivity contribution < 1.29 is 23.8 Å². The van der Waals surface area contributed by atoms with Gasteiger partial charge in [0.05, 0.1) is 36.2 Å². The van der Waals surface area contributed by atoms with Gasteiger partial charge >= 0.3 is 5.69 Å². The van der Waals surface area contributed by atoms with Crippen molar-refractivity contribution in [1.82, 2.24) is 19.4 Å². The highest BCUT2D eigenvalue weighted by atomic mass is 35.5. The number of methoxy groups -OCH3 is 1. The Labute approximate surface area is 268 Å². The third kappa shape index (κ3) is 5.73. The summed E-state index contributed by atoms with van der Waals surface area (Å²) in [5.74, 6) is -1.16. The number of aromatic nitrogens is 3. The second kappa shape index (κ2) is 12.8. The lowest BCUT2D eigenvalue weighted by Gasteiger charge is -2.31. The van der Waals surface area contributed by atoms with Gasteiger partial charge in [-0.1, -0.05) is 41.9 Å². The van der Waals surface area contributed by atoms with Crippen molar-refractivity contribution in [2.75, 3.05) is 25.6 Å². The lowest BCUT2D eigenvalue weighted by molar-refractivity contribution is -0.0304. The number of anilines is 1. The van der Waals surface area contributed by atoms with Crippen molar-refractivity contribution in [3.8, 4) is 28.3 Å². The molecule has 0 saturated carbocycles. The highest BCUT2D eigenvalue weighted by Gasteiger charge is 2.33. The number of fused-ring (bicyclic) bond motifs is 1. The zero-order valence-electron chi connectivity index (χ0n) is 25.5. The van der Waals surface area contributed by atoms with Crippen LogP contribution in [-0.2, 0) is 25.3 Å². The second-order valence-corrected chi connectivity index (χ2v) is 11.9. The summed E-state index contributed by atoms with van der Waals surface area (Å²) in [5, 5.41) is 16.7. The molecule has 1 fully saturated rings. The fourth-order valence-electron chi connectivity index (χ4n) is 6.17. The summed E-state index contributed by atoms with van der Waals surface area (Å²) >= 11 is 6.93. The molecular formula is C33H33ClFN5O6. The zero-order valence-corrected chi connectivity index (χ0v) is 26.2. The van der Waals surface area contributed by atoms with Crippen LogP contribution >= 0.6 is 11.6 Å². The Morgan fingerprint density at radius 2 is 1.87 bits per heavy atom. The summed E-state index contributed by atoms with van der Waals surface area (Å²) in [6, 6.07) is 11.5. The van der Waals surface area contributed by atoms with Crippen LogP contribution in [0.5, 0.6) is 5.88 Å². The van der Waals surface area contributed by atoms with Crippen molar-refractivity contribution >= 4 is 23.2 Å². The summed E-state index contributed by atoms with van der Waals surface area (Å²) in [6.45, 7) is 0.883. The summed E-state index contributed by atoms with van der Waals surface area (Å²) < 4.78 is 29.0. The molecule has 1 amide bonds. The van der Waals surface area contributed by atoms with Gasteiger partial charge in [0.25, 0.3) is 11.5 Å². The van der Waals surface area contributed by atoms with Gasteiger partial charge in [0, 0.05) is 61.2 Å². The minimum Gasteiger partial charge on any atom is -0.481 e. The van der Waals surface area contributed by atoms with Crippen LogP contribution in [0.3, 0.4) is 0 Å². The molecule has 11 nitrogen and oxygen atoms in total. The number of rotatable bonds is 7. The van der Waals surface area contributed by atoms with E-state index in [0.29, 0.717) is 42.3 Å². The highest BCUT2D eigenvalue weighted by Crippen LogP contribution is 2.43. The van der Waals surface area contributed by atoms with Crippen molar-refractivity contribution in [3.05, 3.63) is 97.0 Å². The first-order valence-corrected chi connectivity index (χ1v) is 15.2. The zero-order chi connectivity index (χ0) is 32.7. The topological polar surface area (TPSA) is 137 Å². The van der Waals surface area contributed by atoms with E-state index in [0.717, 1.165) is 39.3 Å². The van der Waals surface area contributed by atoms with Gasteiger partial charge in [-0.2, -0.15) is 0 Å². The molecule has 6 rings (SSSR count). The van der Waals surface area contributed by atoms with Crippen LogP contribution in [0.2, 0.25) is 5.02 Å². The summed E-state index contributed by atoms with van der Waals surface area (Å²) in [5.41, 5.74) is 1.76. The van der Waals surface area contributed by atoms with E-state index < -0.39 is 29.1 Å². The number of amides is 1. The average Bonchev–Trinajstić information content (AvgIpc) is 3.46. The predicted octanol–water partition coefficient (Wildman–Crippen LogP) is 3.59. The first kappa shape index (κ1) is 31.6. The van der Waals surface area contributed by atoms with Crippen molar-refractivity contribution in [2.45, 2.75) is 37.5 Å². The van der Waals surface area contributed by atoms with E-state index in [9.17, 15) is 19.5 Å². The maximum absolute atomic E-state index is 16.0. The fourth-order valence-corrected chi connectivity index (χ4v) is 6.49. The van der Waals surface area contributed by atoms with Crippen LogP contribution < -0.4 is 26.6 Å². The number of aryl methyl sites for hydroxylation is 2. The maximum Gasteiger partial charge on any atom is 0.330 e. The number of pyridine rings is 1. The molecule has 46 heavy (non-hydrogen) atoms. The quantitative estimate of drug-likeness (QED) is 0.276. The Morgan fingerprint density at radius 1 is 1.13 bits per heavy atom. The summed E-state index contributed by atoms with van der Waals surface area (Å²) in [4.78, 5) is 42.3. The lowest BCUT2D eigenvalue weighted by atomic mass is 9.98. The highest BCUT2D eigenvalue weighted by molar-refractivity contribution is 6.36. The Kier molecular flexibility index (Phi) is 8.80. The molecular weight excluding hydrogens is 617 g/mol. The summed E-state index contributed by atoms with van der Waals surface area (Å²) in [6.07, 6.45) is 2.81. The normalized spacial score (nSPS) is 19.1. The van der Waals surface area contributed by atoms with E-state index in [1.807, 2.05) is 6.07 Å². The number of carbonyl (C=O) groups excluding carboxylic acids is 1. The molecule has 0 bridgehead atoms. The molecule has 1 aliphatic carbocycles. The molecule has 3 heterocycles. The van der Waals surface area contributed by atoms with E-state index in [-0.39, 0.29) is 33.9 Å². The number of aliphatic hydroxyl groups is 1. The number of carbonyl (C=O) groups is 1. The Morgan fingerprint density at radius 3 is 2.63 bits per heavy atom. The molecule has 2 aromatic heterocycles. The fraction of sp³-hybridized carbons (Fsp3) is 0.333. The minimum absolute atomic E-state index is 0.0425. The molecule has 4 aromatic rings. The molecule has 2 aromatic carbocycles. The van der Waals surface area contributed by atoms with Crippen LogP contribution in [0.15, 0.2) is 58.3 Å². The van der Waals surface area contributed by atoms with Crippen molar-refractivity contribution in [3.63, 3.8) is 0 Å². The van der Waals surface area contributed by atoms with Gasteiger partial charge in [-0.3, -0.25) is 14.2 Å². The Hall–Kier alpha value is -4.36. The van der Waals surface area contributed by atoms with E-state index in [1.165, 1.54) is 20.2 Å². The van der Waals surface area contributed by atoms with Crippen LogP contribution in [0, 0.1) is 5.82 Å². The standard InChI is InChI=1S/C33H33ClFN5O6/c1-39-15-21(32(43)40(2)33(39)44)30(42)37-24-9-5-7-19(29(24)35)18-6-4-8-20(28(18)34)25-14-17-10-11-23(27(17)31(38-25)45-3)36-22-12-13-46-16-26(22)41/h4-9,14-15,22-23,26,36,41H,10-13,16H2,1-3H3,(H,37,42). The van der Waals surface area contributed by atoms with Gasteiger partial charge in [0.2, 0.25) is 5.88 Å². The van der Waals surface area contributed by atoms with E-state index >= 15 is 4.39 Å². The molecule has 1 aliphatic heterocycles. The summed E-state index contributed by atoms with van der Waals surface area (Å²) in [7, 11) is 4.23. The number of ether oxygens (including phenoxy) is 2. The van der Waals surface area contributed by atoms with Crippen molar-refractivity contribution in [1.29, 1.82) is 0 Å². The number of hydrogen-bond acceptors (Lipinski definition) is 8. The molecule has 3 atom stereocenters. The first-order chi connectivity index (χ1) is 22.1. The van der Waals surface area contributed by atoms with Crippen LogP contribution in [-0.4, -0.2) is 57.6 Å². The largest absolute Gasteiger partial charge is 0.481 e. The SMILES string of the molecule is COc1nc(-c2cccc(-c3cccc(NC(=O)c4cn(C)c(=O)n(C)c4=O)c3F)c2Cl)cc2c1C(NC1CCOCC1O)CC2. The number of nitrogens with one attached hydrogen (secondary N) is 2. The molecule has 3 unspecified atom stereocenters. The third-order valence-corrected chi connectivity index (χ3v) is 9.01. The lowest BCUT2D eigenvalue weighted by Crippen LogP contribution is -2.47. The second-order valence-electron chi connectivity index (χ2n) is 11.5. The first-order valence-electron chi connectivity index (χ1n) is 14.8. The van der Waals surface area contributed by atoms with Gasteiger partial charge in [0.15, 0.2) is 5.82 Å². The number of aliphatic hydroxyl groups excluding tert-OH is 1. The molecule has 1 saturated heterocycles. The van der Waals surface area contributed by atoms with Gasteiger partial charge in [-0.15, -0.1) is 0 Å². The minimum atomic E-state index is -0.861.